The molecule has 0 aliphatic carbocycles. The van der Waals surface area contributed by atoms with E-state index < -0.39 is 22.8 Å². The summed E-state index contributed by atoms with van der Waals surface area (Å²) in [6.45, 7) is 1.38. The number of thiol groups is 1. The van der Waals surface area contributed by atoms with Crippen molar-refractivity contribution in [3.63, 3.8) is 0 Å². The molecule has 1 N–H and O–H groups in total. The number of Topliss-reactive ketones (excluding diaryl/α,β-unsaturated/α-hetero) is 1. The summed E-state index contributed by atoms with van der Waals surface area (Å²) in [6.07, 6.45) is -1.46. The normalized spacial score (nSPS) is 14.7. The Morgan fingerprint density at radius 2 is 1.55 bits per heavy atom. The molecule has 2 unspecified atom stereocenters. The minimum atomic E-state index is -1.66. The van der Waals surface area contributed by atoms with Crippen molar-refractivity contribution in [2.24, 2.45) is 0 Å². The lowest BCUT2D eigenvalue weighted by atomic mass is 10.1. The number of rotatable bonds is 5. The maximum Gasteiger partial charge on any atom is 0.341 e. The predicted octanol–water partition coefficient (Wildman–Crippen LogP) is 2.79. The number of carbonyl (C=O) groups excluding carboxylic acids is 2. The molecule has 114 valence electrons. The third-order valence-electron chi connectivity index (χ3n) is 3.10. The van der Waals surface area contributed by atoms with Gasteiger partial charge in [-0.1, -0.05) is 60.7 Å². The molecule has 0 heterocycles. The highest BCUT2D eigenvalue weighted by molar-refractivity contribution is 7.82. The van der Waals surface area contributed by atoms with Gasteiger partial charge >= 0.3 is 5.97 Å². The molecule has 2 aromatic rings. The number of aliphatic hydroxyl groups excluding tert-OH is 1. The molecule has 0 aliphatic heterocycles. The van der Waals surface area contributed by atoms with Crippen LogP contribution >= 0.6 is 12.6 Å². The van der Waals surface area contributed by atoms with Crippen LogP contribution < -0.4 is 0 Å². The molecule has 0 bridgehead atoms. The largest absolute Gasteiger partial charge is 0.438 e. The molecule has 0 spiro atoms. The summed E-state index contributed by atoms with van der Waals surface area (Å²) >= 11 is 4.14. The third-order valence-corrected chi connectivity index (χ3v) is 3.39. The SMILES string of the molecule is CC(S)(OC(=O)C(O)c1ccccc1)C(=O)c1ccccc1. The molecule has 0 amide bonds. The van der Waals surface area contributed by atoms with Gasteiger partial charge in [-0.05, 0) is 12.5 Å². The minimum absolute atomic E-state index is 0.377. The lowest BCUT2D eigenvalue weighted by molar-refractivity contribution is -0.158. The topological polar surface area (TPSA) is 63.6 Å². The summed E-state index contributed by atoms with van der Waals surface area (Å²) in [5, 5.41) is 9.98. The van der Waals surface area contributed by atoms with E-state index in [2.05, 4.69) is 12.6 Å². The summed E-state index contributed by atoms with van der Waals surface area (Å²) in [5.74, 6) is -1.38. The highest BCUT2D eigenvalue weighted by Crippen LogP contribution is 2.25. The van der Waals surface area contributed by atoms with E-state index in [1.165, 1.54) is 6.92 Å². The first-order valence-corrected chi connectivity index (χ1v) is 7.14. The van der Waals surface area contributed by atoms with Gasteiger partial charge in [0.1, 0.15) is 0 Å². The smallest absolute Gasteiger partial charge is 0.341 e. The summed E-state index contributed by atoms with van der Waals surface area (Å²) < 4.78 is 5.10. The van der Waals surface area contributed by atoms with Crippen molar-refractivity contribution in [1.29, 1.82) is 0 Å². The predicted molar refractivity (Wildman–Crippen MR) is 85.7 cm³/mol. The van der Waals surface area contributed by atoms with Crippen molar-refractivity contribution in [3.05, 3.63) is 71.8 Å². The maximum atomic E-state index is 12.3. The lowest BCUT2D eigenvalue weighted by Gasteiger charge is -2.24. The van der Waals surface area contributed by atoms with Gasteiger partial charge in [-0.2, -0.15) is 0 Å². The van der Waals surface area contributed by atoms with Gasteiger partial charge in [0.15, 0.2) is 6.10 Å². The number of ether oxygens (including phenoxy) is 1. The van der Waals surface area contributed by atoms with E-state index in [-0.39, 0.29) is 0 Å². The van der Waals surface area contributed by atoms with Gasteiger partial charge in [0, 0.05) is 5.56 Å². The quantitative estimate of drug-likeness (QED) is 0.385. The fraction of sp³-hybridized carbons (Fsp3) is 0.176. The summed E-state index contributed by atoms with van der Waals surface area (Å²) in [5.41, 5.74) is 0.769. The molecule has 0 aliphatic rings. The number of esters is 1. The van der Waals surface area contributed by atoms with Gasteiger partial charge in [0.05, 0.1) is 0 Å². The van der Waals surface area contributed by atoms with E-state index in [4.69, 9.17) is 4.74 Å². The van der Waals surface area contributed by atoms with Gasteiger partial charge in [-0.3, -0.25) is 4.79 Å². The third kappa shape index (κ3) is 3.75. The minimum Gasteiger partial charge on any atom is -0.438 e. The van der Waals surface area contributed by atoms with E-state index in [0.29, 0.717) is 11.1 Å². The van der Waals surface area contributed by atoms with Crippen LogP contribution in [0.5, 0.6) is 0 Å². The van der Waals surface area contributed by atoms with Crippen molar-refractivity contribution < 1.29 is 19.4 Å². The average molecular weight is 316 g/mol. The summed E-state index contributed by atoms with van der Waals surface area (Å²) in [7, 11) is 0. The number of hydrogen-bond donors (Lipinski definition) is 2. The number of aliphatic hydroxyl groups is 1. The number of benzene rings is 2. The Morgan fingerprint density at radius 1 is 1.05 bits per heavy atom. The standard InChI is InChI=1S/C17H16O4S/c1-17(22,15(19)13-10-6-3-7-11-13)21-16(20)14(18)12-8-4-2-5-9-12/h2-11,14,18,22H,1H3. The van der Waals surface area contributed by atoms with E-state index in [1.54, 1.807) is 60.7 Å². The van der Waals surface area contributed by atoms with Gasteiger partial charge in [0.2, 0.25) is 10.7 Å². The average Bonchev–Trinajstić information content (AvgIpc) is 2.54. The van der Waals surface area contributed by atoms with E-state index >= 15 is 0 Å². The Morgan fingerprint density at radius 3 is 2.09 bits per heavy atom. The second kappa shape index (κ2) is 6.77. The summed E-state index contributed by atoms with van der Waals surface area (Å²) in [6, 6.07) is 16.8. The van der Waals surface area contributed by atoms with Gasteiger partial charge in [-0.25, -0.2) is 4.79 Å². The summed E-state index contributed by atoms with van der Waals surface area (Å²) in [4.78, 5) is 22.7. The van der Waals surface area contributed by atoms with Crippen LogP contribution in [0.3, 0.4) is 0 Å². The molecule has 2 aromatic carbocycles. The van der Waals surface area contributed by atoms with Crippen LogP contribution in [0.2, 0.25) is 0 Å². The van der Waals surface area contributed by atoms with Crippen molar-refractivity contribution >= 4 is 24.4 Å². The van der Waals surface area contributed by atoms with Crippen LogP contribution in [0.4, 0.5) is 0 Å². The Balaban J connectivity index is 2.11. The number of carbonyl (C=O) groups is 2. The Kier molecular flexibility index (Phi) is 5.00. The fourth-order valence-electron chi connectivity index (χ4n) is 1.93. The van der Waals surface area contributed by atoms with Gasteiger partial charge in [-0.15, -0.1) is 12.6 Å². The molecule has 0 aromatic heterocycles. The molecular weight excluding hydrogens is 300 g/mol. The molecule has 5 heteroatoms. The van der Waals surface area contributed by atoms with Crippen molar-refractivity contribution in [2.45, 2.75) is 18.0 Å². The monoisotopic (exact) mass is 316 g/mol. The van der Waals surface area contributed by atoms with E-state index in [1.807, 2.05) is 0 Å². The Bertz CT molecular complexity index is 653. The van der Waals surface area contributed by atoms with Crippen LogP contribution in [0.15, 0.2) is 60.7 Å². The van der Waals surface area contributed by atoms with E-state index in [9.17, 15) is 14.7 Å². The fourth-order valence-corrected chi connectivity index (χ4v) is 2.15. The first kappa shape index (κ1) is 16.3. The first-order chi connectivity index (χ1) is 10.4. The molecule has 0 saturated heterocycles. The lowest BCUT2D eigenvalue weighted by Crippen LogP contribution is -2.36. The van der Waals surface area contributed by atoms with Gasteiger partial charge < -0.3 is 9.84 Å². The number of hydrogen-bond acceptors (Lipinski definition) is 5. The van der Waals surface area contributed by atoms with Gasteiger partial charge in [0.25, 0.3) is 0 Å². The van der Waals surface area contributed by atoms with Crippen LogP contribution in [0.1, 0.15) is 28.9 Å². The molecule has 2 atom stereocenters. The van der Waals surface area contributed by atoms with Crippen molar-refractivity contribution in [1.82, 2.24) is 0 Å². The van der Waals surface area contributed by atoms with Crippen LogP contribution in [-0.2, 0) is 9.53 Å². The van der Waals surface area contributed by atoms with Crippen molar-refractivity contribution in [2.75, 3.05) is 0 Å². The molecule has 0 radical (unpaired) electrons. The van der Waals surface area contributed by atoms with Crippen molar-refractivity contribution in [3.8, 4) is 0 Å². The zero-order chi connectivity index (χ0) is 16.2. The van der Waals surface area contributed by atoms with Crippen LogP contribution in [-0.4, -0.2) is 21.8 Å². The van der Waals surface area contributed by atoms with Crippen LogP contribution in [0.25, 0.3) is 0 Å². The first-order valence-electron chi connectivity index (χ1n) is 6.70. The highest BCUT2D eigenvalue weighted by atomic mass is 32.1. The molecular formula is C17H16O4S. The highest BCUT2D eigenvalue weighted by Gasteiger charge is 2.36. The zero-order valence-electron chi connectivity index (χ0n) is 12.0. The Labute approximate surface area is 134 Å². The molecule has 2 rings (SSSR count). The maximum absolute atomic E-state index is 12.3. The Hall–Kier alpha value is -2.11. The second-order valence-corrected chi connectivity index (χ2v) is 5.77. The molecule has 0 saturated carbocycles. The number of ketones is 1. The van der Waals surface area contributed by atoms with E-state index in [0.717, 1.165) is 0 Å². The molecule has 0 fully saturated rings. The molecule has 4 nitrogen and oxygen atoms in total. The second-order valence-electron chi connectivity index (χ2n) is 4.91. The molecule has 22 heavy (non-hydrogen) atoms. The zero-order valence-corrected chi connectivity index (χ0v) is 12.9. The van der Waals surface area contributed by atoms with Crippen LogP contribution in [0, 0.1) is 0 Å².